The lowest BCUT2D eigenvalue weighted by Crippen LogP contribution is -2.20. The van der Waals surface area contributed by atoms with Gasteiger partial charge in [-0.3, -0.25) is 4.98 Å². The van der Waals surface area contributed by atoms with Crippen LogP contribution in [0.2, 0.25) is 5.02 Å². The van der Waals surface area contributed by atoms with E-state index < -0.39 is 15.1 Å². The van der Waals surface area contributed by atoms with Crippen molar-refractivity contribution in [1.29, 1.82) is 0 Å². The fourth-order valence-electron chi connectivity index (χ4n) is 2.66. The first kappa shape index (κ1) is 21.1. The molecule has 0 saturated carbocycles. The summed E-state index contributed by atoms with van der Waals surface area (Å²) >= 11 is 6.15. The van der Waals surface area contributed by atoms with Gasteiger partial charge in [0.1, 0.15) is 10.7 Å². The van der Waals surface area contributed by atoms with Crippen molar-refractivity contribution in [2.24, 2.45) is 0 Å². The Hall–Kier alpha value is -2.66. The van der Waals surface area contributed by atoms with E-state index in [9.17, 15) is 19.4 Å². The highest BCUT2D eigenvalue weighted by Crippen LogP contribution is 3.02. The predicted octanol–water partition coefficient (Wildman–Crippen LogP) is 6.41. The molecule has 0 aliphatic rings. The Morgan fingerprint density at radius 3 is 2.34 bits per heavy atom. The van der Waals surface area contributed by atoms with Crippen LogP contribution in [0.4, 0.5) is 36.9 Å². The van der Waals surface area contributed by atoms with Crippen molar-refractivity contribution in [3.05, 3.63) is 65.1 Å². The molecule has 0 fully saturated rings. The van der Waals surface area contributed by atoms with Gasteiger partial charge in [-0.15, -0.1) is 0 Å². The minimum absolute atomic E-state index is 0.00667. The summed E-state index contributed by atoms with van der Waals surface area (Å²) in [6.07, 6.45) is 2.86. The van der Waals surface area contributed by atoms with Crippen molar-refractivity contribution in [1.82, 2.24) is 15.0 Å². The van der Waals surface area contributed by atoms with Crippen LogP contribution >= 0.6 is 21.8 Å². The van der Waals surface area contributed by atoms with E-state index in [-0.39, 0.29) is 29.6 Å². The molecule has 2 aromatic heterocycles. The number of aromatic nitrogens is 3. The smallest absolute Gasteiger partial charge is 0.310 e. The Labute approximate surface area is 168 Å². The van der Waals surface area contributed by atoms with E-state index in [0.717, 1.165) is 6.07 Å². The molecule has 0 amide bonds. The molecule has 0 saturated heterocycles. The molecule has 156 valence electrons. The molecule has 0 aliphatic heterocycles. The molecule has 0 spiro atoms. The standard InChI is InChI=1S/C17H15ClF5N5S/c1-11-9-12(29(19,20,21,22)23)4-5-15(11)28(16-6-8-26-17(24)27-16)10-14-13(18)3-2-7-25-14/h2-9H,10H2,1H3,(H2,24,26,27). The molecular weight excluding hydrogens is 437 g/mol. The third-order valence-corrected chi connectivity index (χ3v) is 5.47. The van der Waals surface area contributed by atoms with Gasteiger partial charge in [-0.25, -0.2) is 4.98 Å². The number of benzene rings is 1. The molecule has 29 heavy (non-hydrogen) atoms. The van der Waals surface area contributed by atoms with Gasteiger partial charge in [0, 0.05) is 18.1 Å². The zero-order chi connectivity index (χ0) is 21.5. The molecule has 0 radical (unpaired) electrons. The lowest BCUT2D eigenvalue weighted by molar-refractivity contribution is 0.364. The molecule has 12 heteroatoms. The van der Waals surface area contributed by atoms with Crippen LogP contribution < -0.4 is 10.6 Å². The second kappa shape index (κ2) is 6.42. The van der Waals surface area contributed by atoms with Crippen LogP contribution in [0.15, 0.2) is 53.7 Å². The van der Waals surface area contributed by atoms with E-state index in [0.29, 0.717) is 22.8 Å². The summed E-state index contributed by atoms with van der Waals surface area (Å²) < 4.78 is 65.8. The van der Waals surface area contributed by atoms with Crippen LogP contribution in [0.5, 0.6) is 0 Å². The van der Waals surface area contributed by atoms with Crippen LogP contribution in [0.1, 0.15) is 11.3 Å². The summed E-state index contributed by atoms with van der Waals surface area (Å²) in [7, 11) is -9.81. The second-order valence-corrected chi connectivity index (χ2v) is 9.02. The van der Waals surface area contributed by atoms with E-state index in [2.05, 4.69) is 15.0 Å². The van der Waals surface area contributed by atoms with Crippen LogP contribution in [0, 0.1) is 6.92 Å². The number of nitrogen functional groups attached to an aromatic ring is 1. The molecule has 5 nitrogen and oxygen atoms in total. The average Bonchev–Trinajstić information content (AvgIpc) is 2.59. The van der Waals surface area contributed by atoms with Gasteiger partial charge in [-0.2, -0.15) is 4.98 Å². The first-order valence-corrected chi connectivity index (χ1v) is 10.4. The van der Waals surface area contributed by atoms with Gasteiger partial charge in [0.15, 0.2) is 0 Å². The first-order chi connectivity index (χ1) is 13.2. The quantitative estimate of drug-likeness (QED) is 0.454. The summed E-state index contributed by atoms with van der Waals surface area (Å²) in [6.45, 7) is 1.30. The molecular formula is C17H15ClF5N5S. The van der Waals surface area contributed by atoms with Gasteiger partial charge >= 0.3 is 10.2 Å². The van der Waals surface area contributed by atoms with E-state index in [1.165, 1.54) is 30.3 Å². The Balaban J connectivity index is 2.13. The van der Waals surface area contributed by atoms with Crippen molar-refractivity contribution in [2.75, 3.05) is 10.6 Å². The number of aryl methyl sites for hydroxylation is 1. The highest BCUT2D eigenvalue weighted by Gasteiger charge is 2.65. The zero-order valence-corrected chi connectivity index (χ0v) is 16.4. The number of rotatable bonds is 5. The average molecular weight is 452 g/mol. The monoisotopic (exact) mass is 451 g/mol. The number of nitrogens with zero attached hydrogens (tertiary/aromatic N) is 4. The molecule has 0 atom stereocenters. The van der Waals surface area contributed by atoms with Gasteiger partial charge in [0.2, 0.25) is 5.95 Å². The Morgan fingerprint density at radius 1 is 1.03 bits per heavy atom. The molecule has 0 bridgehead atoms. The summed E-state index contributed by atoms with van der Waals surface area (Å²) in [4.78, 5) is 11.5. The number of pyridine rings is 1. The van der Waals surface area contributed by atoms with Gasteiger partial charge < -0.3 is 10.6 Å². The maximum Gasteiger partial charge on any atom is 0.310 e. The molecule has 3 rings (SSSR count). The number of anilines is 3. The lowest BCUT2D eigenvalue weighted by atomic mass is 10.1. The summed E-state index contributed by atoms with van der Waals surface area (Å²) in [6, 6.07) is 6.41. The van der Waals surface area contributed by atoms with Crippen LogP contribution in [-0.2, 0) is 6.54 Å². The predicted molar refractivity (Wildman–Crippen MR) is 104 cm³/mol. The zero-order valence-electron chi connectivity index (χ0n) is 14.9. The maximum absolute atomic E-state index is 13.2. The van der Waals surface area contributed by atoms with Crippen molar-refractivity contribution >= 4 is 39.3 Å². The topological polar surface area (TPSA) is 67.9 Å². The normalized spacial score (nSPS) is 14.2. The SMILES string of the molecule is Cc1cc(S(F)(F)(F)(F)F)ccc1N(Cc1ncccc1Cl)c1ccnc(N)n1. The second-order valence-electron chi connectivity index (χ2n) is 6.21. The molecule has 2 N–H and O–H groups in total. The Kier molecular flexibility index (Phi) is 4.67. The molecule has 3 aromatic rings. The number of hydrogen-bond acceptors (Lipinski definition) is 5. The van der Waals surface area contributed by atoms with Crippen LogP contribution in [0.3, 0.4) is 0 Å². The van der Waals surface area contributed by atoms with Gasteiger partial charge in [-0.05, 0) is 48.9 Å². The Morgan fingerprint density at radius 2 is 1.76 bits per heavy atom. The van der Waals surface area contributed by atoms with Crippen LogP contribution in [-0.4, -0.2) is 15.0 Å². The van der Waals surface area contributed by atoms with E-state index >= 15 is 0 Å². The van der Waals surface area contributed by atoms with Gasteiger partial charge in [-0.1, -0.05) is 31.0 Å². The van der Waals surface area contributed by atoms with E-state index in [1.54, 1.807) is 12.1 Å². The van der Waals surface area contributed by atoms with Crippen LogP contribution in [0.25, 0.3) is 0 Å². The molecule has 1 aromatic carbocycles. The Bertz CT molecular complexity index is 1080. The fraction of sp³-hybridized carbons (Fsp3) is 0.118. The molecule has 2 heterocycles. The molecule has 0 unspecified atom stereocenters. The summed E-state index contributed by atoms with van der Waals surface area (Å²) in [5.74, 6) is 0.170. The maximum atomic E-state index is 13.2. The first-order valence-electron chi connectivity index (χ1n) is 8.05. The van der Waals surface area contributed by atoms with Crippen molar-refractivity contribution < 1.29 is 19.4 Å². The van der Waals surface area contributed by atoms with Crippen molar-refractivity contribution in [3.63, 3.8) is 0 Å². The summed E-state index contributed by atoms with van der Waals surface area (Å²) in [5, 5.41) is 0.320. The number of hydrogen-bond donors (Lipinski definition) is 1. The minimum Gasteiger partial charge on any atom is -0.368 e. The van der Waals surface area contributed by atoms with Crippen molar-refractivity contribution in [3.8, 4) is 0 Å². The highest BCUT2D eigenvalue weighted by molar-refractivity contribution is 8.45. The molecule has 0 aliphatic carbocycles. The van der Waals surface area contributed by atoms with E-state index in [4.69, 9.17) is 17.3 Å². The third kappa shape index (κ3) is 4.85. The number of nitrogens with two attached hydrogens (primary N) is 1. The third-order valence-electron chi connectivity index (χ3n) is 3.98. The highest BCUT2D eigenvalue weighted by atomic mass is 35.5. The number of halogens is 6. The summed E-state index contributed by atoms with van der Waals surface area (Å²) in [5.41, 5.74) is 6.19. The minimum atomic E-state index is -9.81. The van der Waals surface area contributed by atoms with Gasteiger partial charge in [0.25, 0.3) is 0 Å². The van der Waals surface area contributed by atoms with Crippen molar-refractivity contribution in [2.45, 2.75) is 18.4 Å². The largest absolute Gasteiger partial charge is 0.368 e. The fourth-order valence-corrected chi connectivity index (χ4v) is 3.56. The van der Waals surface area contributed by atoms with Gasteiger partial charge in [0.05, 0.1) is 17.3 Å². The lowest BCUT2D eigenvalue weighted by Gasteiger charge is -2.41. The van der Waals surface area contributed by atoms with E-state index in [1.807, 2.05) is 0 Å².